The van der Waals surface area contributed by atoms with Crippen molar-refractivity contribution in [2.75, 3.05) is 0 Å². The number of unbranched alkanes of at least 4 members (excludes halogenated alkanes) is 1. The summed E-state index contributed by atoms with van der Waals surface area (Å²) >= 11 is 0. The molecule has 0 bridgehead atoms. The normalized spacial score (nSPS) is 11.2. The van der Waals surface area contributed by atoms with Gasteiger partial charge in [-0.1, -0.05) is 12.1 Å². The van der Waals surface area contributed by atoms with Crippen LogP contribution in [0.1, 0.15) is 24.8 Å². The minimum Gasteiger partial charge on any atom is -0.368 e. The van der Waals surface area contributed by atoms with Crippen molar-refractivity contribution in [3.63, 3.8) is 0 Å². The highest BCUT2D eigenvalue weighted by Gasteiger charge is 2.18. The number of nitriles is 1. The van der Waals surface area contributed by atoms with Gasteiger partial charge in [0.15, 0.2) is 0 Å². The summed E-state index contributed by atoms with van der Waals surface area (Å²) in [5.74, 6) is -1.13. The van der Waals surface area contributed by atoms with Gasteiger partial charge < -0.3 is 11.1 Å². The van der Waals surface area contributed by atoms with Crippen molar-refractivity contribution in [1.29, 1.82) is 5.26 Å². The first kappa shape index (κ1) is 17.1. The van der Waals surface area contributed by atoms with Gasteiger partial charge in [0.25, 0.3) is 5.69 Å². The van der Waals surface area contributed by atoms with Crippen LogP contribution in [-0.2, 0) is 16.0 Å². The van der Waals surface area contributed by atoms with Crippen LogP contribution >= 0.6 is 0 Å². The summed E-state index contributed by atoms with van der Waals surface area (Å²) in [5, 5.41) is 21.6. The average molecular weight is 304 g/mol. The Hall–Kier alpha value is -2.95. The zero-order chi connectivity index (χ0) is 16.5. The SMILES string of the molecule is N#CCCC[C@@H](NC(=O)Cc1cccc([N+](=O)[O-])c1)C(N)=O. The van der Waals surface area contributed by atoms with Crippen molar-refractivity contribution in [3.8, 4) is 6.07 Å². The molecule has 0 fully saturated rings. The van der Waals surface area contributed by atoms with Crippen LogP contribution in [0.3, 0.4) is 0 Å². The minimum absolute atomic E-state index is 0.0935. The van der Waals surface area contributed by atoms with Crippen molar-refractivity contribution in [2.45, 2.75) is 31.7 Å². The molecule has 0 heterocycles. The molecule has 22 heavy (non-hydrogen) atoms. The fourth-order valence-corrected chi connectivity index (χ4v) is 1.88. The summed E-state index contributed by atoms with van der Waals surface area (Å²) in [6.45, 7) is 0. The first-order chi connectivity index (χ1) is 10.4. The molecule has 0 spiro atoms. The first-order valence-corrected chi connectivity index (χ1v) is 6.63. The molecule has 0 aliphatic rings. The molecule has 2 amide bonds. The van der Waals surface area contributed by atoms with E-state index < -0.39 is 22.8 Å². The monoisotopic (exact) mass is 304 g/mol. The molecular weight excluding hydrogens is 288 g/mol. The first-order valence-electron chi connectivity index (χ1n) is 6.63. The van der Waals surface area contributed by atoms with E-state index in [9.17, 15) is 19.7 Å². The maximum absolute atomic E-state index is 11.9. The van der Waals surface area contributed by atoms with E-state index in [1.807, 2.05) is 6.07 Å². The number of nitrogens with one attached hydrogen (secondary N) is 1. The van der Waals surface area contributed by atoms with E-state index in [2.05, 4.69) is 5.32 Å². The van der Waals surface area contributed by atoms with Crippen LogP contribution in [0, 0.1) is 21.4 Å². The third kappa shape index (κ3) is 5.58. The van der Waals surface area contributed by atoms with Crippen molar-refractivity contribution in [1.82, 2.24) is 5.32 Å². The van der Waals surface area contributed by atoms with E-state index in [-0.39, 0.29) is 24.9 Å². The van der Waals surface area contributed by atoms with Crippen LogP contribution in [0.5, 0.6) is 0 Å². The lowest BCUT2D eigenvalue weighted by Crippen LogP contribution is -2.44. The minimum atomic E-state index is -0.848. The second-order valence-corrected chi connectivity index (χ2v) is 4.68. The van der Waals surface area contributed by atoms with Crippen LogP contribution in [0.25, 0.3) is 0 Å². The molecule has 0 saturated carbocycles. The predicted molar refractivity (Wildman–Crippen MR) is 77.4 cm³/mol. The lowest BCUT2D eigenvalue weighted by molar-refractivity contribution is -0.384. The fourth-order valence-electron chi connectivity index (χ4n) is 1.88. The summed E-state index contributed by atoms with van der Waals surface area (Å²) in [7, 11) is 0. The number of carbonyl (C=O) groups excluding carboxylic acids is 2. The average Bonchev–Trinajstić information content (AvgIpc) is 2.46. The van der Waals surface area contributed by atoms with Crippen LogP contribution in [0.4, 0.5) is 5.69 Å². The van der Waals surface area contributed by atoms with E-state index in [0.29, 0.717) is 12.0 Å². The van der Waals surface area contributed by atoms with Gasteiger partial charge >= 0.3 is 0 Å². The Balaban J connectivity index is 2.63. The second kappa shape index (κ2) is 8.36. The number of nitro benzene ring substituents is 1. The molecule has 1 rings (SSSR count). The highest BCUT2D eigenvalue weighted by atomic mass is 16.6. The maximum Gasteiger partial charge on any atom is 0.269 e. The molecule has 3 N–H and O–H groups in total. The molecule has 0 aliphatic heterocycles. The number of hydrogen-bond donors (Lipinski definition) is 2. The smallest absolute Gasteiger partial charge is 0.269 e. The summed E-state index contributed by atoms with van der Waals surface area (Å²) < 4.78 is 0. The van der Waals surface area contributed by atoms with Gasteiger partial charge in [-0.25, -0.2) is 0 Å². The number of non-ortho nitro benzene ring substituents is 1. The number of primary amides is 1. The zero-order valence-corrected chi connectivity index (χ0v) is 11.8. The quantitative estimate of drug-likeness (QED) is 0.415. The molecule has 1 aromatic carbocycles. The van der Waals surface area contributed by atoms with Crippen molar-refractivity contribution >= 4 is 17.5 Å². The summed E-state index contributed by atoms with van der Waals surface area (Å²) in [6.07, 6.45) is 0.902. The predicted octanol–water partition coefficient (Wildman–Crippen LogP) is 0.801. The Morgan fingerprint density at radius 1 is 1.45 bits per heavy atom. The molecule has 8 nitrogen and oxygen atoms in total. The molecule has 0 radical (unpaired) electrons. The van der Waals surface area contributed by atoms with Gasteiger partial charge in [-0.15, -0.1) is 0 Å². The van der Waals surface area contributed by atoms with Gasteiger partial charge in [-0.2, -0.15) is 5.26 Å². The molecule has 0 saturated heterocycles. The van der Waals surface area contributed by atoms with Crippen molar-refractivity contribution in [3.05, 3.63) is 39.9 Å². The molecule has 0 aromatic heterocycles. The number of hydrogen-bond acceptors (Lipinski definition) is 5. The summed E-state index contributed by atoms with van der Waals surface area (Å²) in [6, 6.07) is 6.79. The number of carbonyl (C=O) groups is 2. The van der Waals surface area contributed by atoms with E-state index in [1.54, 1.807) is 6.07 Å². The van der Waals surface area contributed by atoms with Crippen molar-refractivity contribution < 1.29 is 14.5 Å². The van der Waals surface area contributed by atoms with E-state index >= 15 is 0 Å². The molecular formula is C14H16N4O4. The Labute approximate surface area is 127 Å². The van der Waals surface area contributed by atoms with Gasteiger partial charge in [0.2, 0.25) is 11.8 Å². The van der Waals surface area contributed by atoms with Gasteiger partial charge in [-0.05, 0) is 18.4 Å². The Kier molecular flexibility index (Phi) is 6.50. The van der Waals surface area contributed by atoms with Gasteiger partial charge in [0.1, 0.15) is 6.04 Å². The molecule has 1 atom stereocenters. The van der Waals surface area contributed by atoms with Crippen LogP contribution in [0.15, 0.2) is 24.3 Å². The Morgan fingerprint density at radius 3 is 2.77 bits per heavy atom. The molecule has 116 valence electrons. The number of benzene rings is 1. The Morgan fingerprint density at radius 2 is 2.18 bits per heavy atom. The third-order valence-electron chi connectivity index (χ3n) is 2.95. The molecule has 1 aromatic rings. The largest absolute Gasteiger partial charge is 0.368 e. The zero-order valence-electron chi connectivity index (χ0n) is 11.8. The molecule has 8 heteroatoms. The van der Waals surface area contributed by atoms with Crippen LogP contribution in [0.2, 0.25) is 0 Å². The van der Waals surface area contributed by atoms with Gasteiger partial charge in [0.05, 0.1) is 17.4 Å². The molecule has 0 aliphatic carbocycles. The van der Waals surface area contributed by atoms with E-state index in [0.717, 1.165) is 0 Å². The highest BCUT2D eigenvalue weighted by molar-refractivity contribution is 5.87. The topological polar surface area (TPSA) is 139 Å². The van der Waals surface area contributed by atoms with Gasteiger partial charge in [0, 0.05) is 18.6 Å². The van der Waals surface area contributed by atoms with E-state index in [1.165, 1.54) is 18.2 Å². The third-order valence-corrected chi connectivity index (χ3v) is 2.95. The van der Waals surface area contributed by atoms with E-state index in [4.69, 9.17) is 11.0 Å². The van der Waals surface area contributed by atoms with Crippen molar-refractivity contribution in [2.24, 2.45) is 5.73 Å². The number of nitrogens with zero attached hydrogens (tertiary/aromatic N) is 2. The lowest BCUT2D eigenvalue weighted by atomic mass is 10.1. The second-order valence-electron chi connectivity index (χ2n) is 4.68. The lowest BCUT2D eigenvalue weighted by Gasteiger charge is -2.14. The Bertz CT molecular complexity index is 609. The number of nitro groups is 1. The highest BCUT2D eigenvalue weighted by Crippen LogP contribution is 2.13. The molecule has 0 unspecified atom stereocenters. The number of rotatable bonds is 8. The summed E-state index contributed by atoms with van der Waals surface area (Å²) in [5.41, 5.74) is 5.56. The maximum atomic E-state index is 11.9. The van der Waals surface area contributed by atoms with Crippen LogP contribution in [-0.4, -0.2) is 22.8 Å². The standard InChI is InChI=1S/C14H16N4O4/c15-7-2-1-6-12(14(16)20)17-13(19)9-10-4-3-5-11(8-10)18(21)22/h3-5,8,12H,1-2,6,9H2,(H2,16,20)(H,17,19)/t12-/m1/s1. The summed E-state index contributed by atoms with van der Waals surface area (Å²) in [4.78, 5) is 33.3. The fraction of sp³-hybridized carbons (Fsp3) is 0.357. The van der Waals surface area contributed by atoms with Crippen LogP contribution < -0.4 is 11.1 Å². The number of nitrogens with two attached hydrogens (primary N) is 1. The van der Waals surface area contributed by atoms with Gasteiger partial charge in [-0.3, -0.25) is 19.7 Å². The number of amides is 2.